The molecule has 2 heterocycles. The van der Waals surface area contributed by atoms with E-state index >= 15 is 0 Å². The van der Waals surface area contributed by atoms with E-state index in [1.165, 1.54) is 10.6 Å². The van der Waals surface area contributed by atoms with Gasteiger partial charge >= 0.3 is 0 Å². The lowest BCUT2D eigenvalue weighted by molar-refractivity contribution is -0.121. The molecule has 0 aliphatic rings. The topological polar surface area (TPSA) is 64.0 Å². The van der Waals surface area contributed by atoms with E-state index in [9.17, 15) is 9.59 Å². The number of hydrogen-bond acceptors (Lipinski definition) is 4. The molecule has 6 heteroatoms. The maximum absolute atomic E-state index is 11.7. The first kappa shape index (κ1) is 13.5. The van der Waals surface area contributed by atoms with Crippen LogP contribution in [0.25, 0.3) is 0 Å². The van der Waals surface area contributed by atoms with Crippen molar-refractivity contribution in [1.29, 1.82) is 0 Å². The van der Waals surface area contributed by atoms with Crippen molar-refractivity contribution in [1.82, 2.24) is 14.9 Å². The summed E-state index contributed by atoms with van der Waals surface area (Å²) in [7, 11) is 0. The highest BCUT2D eigenvalue weighted by Gasteiger charge is 2.04. The Morgan fingerprint density at radius 2 is 2.32 bits per heavy atom. The Balaban J connectivity index is 1.79. The summed E-state index contributed by atoms with van der Waals surface area (Å²) in [6, 6.07) is 4.95. The number of amides is 1. The Kier molecular flexibility index (Phi) is 4.46. The van der Waals surface area contributed by atoms with Gasteiger partial charge in [0.1, 0.15) is 0 Å². The van der Waals surface area contributed by atoms with Gasteiger partial charge in [0.05, 0.1) is 11.6 Å². The molecule has 2 aromatic rings. The maximum atomic E-state index is 11.7. The van der Waals surface area contributed by atoms with Crippen molar-refractivity contribution in [2.24, 2.45) is 0 Å². The molecule has 1 N–H and O–H groups in total. The van der Waals surface area contributed by atoms with Gasteiger partial charge in [0.2, 0.25) is 5.91 Å². The number of pyridine rings is 1. The zero-order chi connectivity index (χ0) is 13.7. The maximum Gasteiger partial charge on any atom is 0.250 e. The number of nitrogens with zero attached hydrogens (tertiary/aromatic N) is 2. The number of hydrogen-bond donors (Lipinski definition) is 1. The average Bonchev–Trinajstić information content (AvgIpc) is 2.81. The molecule has 0 radical (unpaired) electrons. The van der Waals surface area contributed by atoms with Crippen LogP contribution in [0.5, 0.6) is 0 Å². The summed E-state index contributed by atoms with van der Waals surface area (Å²) < 4.78 is 1.52. The Morgan fingerprint density at radius 3 is 3.00 bits per heavy atom. The summed E-state index contributed by atoms with van der Waals surface area (Å²) in [6.07, 6.45) is 3.74. The van der Waals surface area contributed by atoms with Gasteiger partial charge in [0.15, 0.2) is 0 Å². The highest BCUT2D eigenvalue weighted by atomic mass is 32.1. The van der Waals surface area contributed by atoms with Gasteiger partial charge in [-0.1, -0.05) is 6.07 Å². The van der Waals surface area contributed by atoms with Crippen LogP contribution in [0.1, 0.15) is 16.3 Å². The Labute approximate surface area is 114 Å². The molecule has 19 heavy (non-hydrogen) atoms. The molecule has 0 atom stereocenters. The molecule has 0 bridgehead atoms. The van der Waals surface area contributed by atoms with Crippen molar-refractivity contribution < 1.29 is 4.79 Å². The quantitative estimate of drug-likeness (QED) is 0.896. The van der Waals surface area contributed by atoms with Crippen LogP contribution in [0.3, 0.4) is 0 Å². The van der Waals surface area contributed by atoms with E-state index in [1.807, 2.05) is 6.92 Å². The number of aryl methyl sites for hydroxylation is 2. The van der Waals surface area contributed by atoms with Gasteiger partial charge in [-0.3, -0.25) is 9.59 Å². The lowest BCUT2D eigenvalue weighted by Gasteiger charge is -2.05. The summed E-state index contributed by atoms with van der Waals surface area (Å²) in [6.45, 7) is 2.82. The lowest BCUT2D eigenvalue weighted by atomic mass is 10.3. The number of carbonyl (C=O) groups is 1. The van der Waals surface area contributed by atoms with Crippen LogP contribution in [-0.2, 0) is 17.9 Å². The van der Waals surface area contributed by atoms with Crippen LogP contribution in [0.2, 0.25) is 0 Å². The molecule has 0 aromatic carbocycles. The fraction of sp³-hybridized carbons (Fsp3) is 0.308. The first-order valence-corrected chi connectivity index (χ1v) is 6.80. The van der Waals surface area contributed by atoms with E-state index in [0.717, 1.165) is 9.88 Å². The van der Waals surface area contributed by atoms with Crippen molar-refractivity contribution in [3.05, 3.63) is 50.8 Å². The molecule has 2 aromatic heterocycles. The van der Waals surface area contributed by atoms with Crippen LogP contribution < -0.4 is 10.9 Å². The second-order valence-electron chi connectivity index (χ2n) is 4.10. The highest BCUT2D eigenvalue weighted by molar-refractivity contribution is 7.11. The first-order chi connectivity index (χ1) is 9.15. The van der Waals surface area contributed by atoms with Crippen LogP contribution in [0, 0.1) is 6.92 Å². The Morgan fingerprint density at radius 1 is 1.47 bits per heavy atom. The van der Waals surface area contributed by atoms with Gasteiger partial charge in [-0.2, -0.15) is 0 Å². The normalized spacial score (nSPS) is 10.4. The Hall–Kier alpha value is -1.95. The molecule has 0 saturated carbocycles. The van der Waals surface area contributed by atoms with E-state index in [0.29, 0.717) is 19.5 Å². The monoisotopic (exact) mass is 277 g/mol. The molecule has 0 aliphatic heterocycles. The molecule has 2 rings (SSSR count). The molecule has 0 saturated heterocycles. The minimum Gasteiger partial charge on any atom is -0.351 e. The molecule has 0 spiro atoms. The summed E-state index contributed by atoms with van der Waals surface area (Å²) in [5.74, 6) is -0.0678. The van der Waals surface area contributed by atoms with E-state index in [4.69, 9.17) is 0 Å². The van der Waals surface area contributed by atoms with Crippen molar-refractivity contribution in [2.45, 2.75) is 26.4 Å². The lowest BCUT2D eigenvalue weighted by Crippen LogP contribution is -2.26. The SMILES string of the molecule is Cc1ncc(CNC(=O)CCn2ccccc2=O)s1. The van der Waals surface area contributed by atoms with Crippen LogP contribution in [0.15, 0.2) is 35.4 Å². The zero-order valence-corrected chi connectivity index (χ0v) is 11.4. The summed E-state index contributed by atoms with van der Waals surface area (Å²) in [5, 5.41) is 3.80. The van der Waals surface area contributed by atoms with E-state index in [1.54, 1.807) is 35.9 Å². The highest BCUT2D eigenvalue weighted by Crippen LogP contribution is 2.10. The van der Waals surface area contributed by atoms with Gasteiger partial charge in [0.25, 0.3) is 5.56 Å². The number of aromatic nitrogens is 2. The Bertz CT molecular complexity index is 618. The van der Waals surface area contributed by atoms with Gasteiger partial charge < -0.3 is 9.88 Å². The minimum absolute atomic E-state index is 0.0678. The van der Waals surface area contributed by atoms with Crippen molar-refractivity contribution in [3.63, 3.8) is 0 Å². The molecule has 0 unspecified atom stereocenters. The van der Waals surface area contributed by atoms with E-state index < -0.39 is 0 Å². The van der Waals surface area contributed by atoms with Crippen LogP contribution >= 0.6 is 11.3 Å². The number of rotatable bonds is 5. The second-order valence-corrected chi connectivity index (χ2v) is 5.42. The van der Waals surface area contributed by atoms with Gasteiger partial charge in [-0.15, -0.1) is 11.3 Å². The molecule has 100 valence electrons. The predicted molar refractivity (Wildman–Crippen MR) is 74.0 cm³/mol. The third-order valence-corrected chi connectivity index (χ3v) is 3.52. The fourth-order valence-corrected chi connectivity index (χ4v) is 2.36. The number of carbonyl (C=O) groups excluding carboxylic acids is 1. The van der Waals surface area contributed by atoms with Gasteiger partial charge in [-0.05, 0) is 13.0 Å². The summed E-state index contributed by atoms with van der Waals surface area (Å²) in [4.78, 5) is 28.3. The standard InChI is InChI=1S/C13H15N3O2S/c1-10-14-8-11(19-10)9-15-12(17)5-7-16-6-3-2-4-13(16)18/h2-4,6,8H,5,7,9H2,1H3,(H,15,17). The largest absolute Gasteiger partial charge is 0.351 e. The van der Waals surface area contributed by atoms with Crippen molar-refractivity contribution in [2.75, 3.05) is 0 Å². The summed E-state index contributed by atoms with van der Waals surface area (Å²) >= 11 is 1.57. The fourth-order valence-electron chi connectivity index (χ4n) is 1.63. The van der Waals surface area contributed by atoms with E-state index in [2.05, 4.69) is 10.3 Å². The second kappa shape index (κ2) is 6.29. The molecule has 0 fully saturated rings. The van der Waals surface area contributed by atoms with Crippen LogP contribution in [0.4, 0.5) is 0 Å². The molecule has 1 amide bonds. The molecular weight excluding hydrogens is 262 g/mol. The smallest absolute Gasteiger partial charge is 0.250 e. The third-order valence-electron chi connectivity index (χ3n) is 2.61. The van der Waals surface area contributed by atoms with Crippen molar-refractivity contribution >= 4 is 17.2 Å². The average molecular weight is 277 g/mol. The first-order valence-electron chi connectivity index (χ1n) is 5.98. The number of nitrogens with one attached hydrogen (secondary N) is 1. The molecule has 5 nitrogen and oxygen atoms in total. The van der Waals surface area contributed by atoms with Crippen molar-refractivity contribution in [3.8, 4) is 0 Å². The minimum atomic E-state index is -0.0895. The van der Waals surface area contributed by atoms with Gasteiger partial charge in [-0.25, -0.2) is 4.98 Å². The third kappa shape index (κ3) is 4.03. The zero-order valence-electron chi connectivity index (χ0n) is 10.6. The number of thiazole rings is 1. The molecular formula is C13H15N3O2S. The molecule has 0 aliphatic carbocycles. The van der Waals surface area contributed by atoms with Crippen LogP contribution in [-0.4, -0.2) is 15.5 Å². The predicted octanol–water partition coefficient (Wildman–Crippen LogP) is 1.32. The van der Waals surface area contributed by atoms with E-state index in [-0.39, 0.29) is 11.5 Å². The summed E-state index contributed by atoms with van der Waals surface area (Å²) in [5.41, 5.74) is -0.0895. The van der Waals surface area contributed by atoms with Gasteiger partial charge in [0, 0.05) is 36.3 Å².